The number of ether oxygens (including phenoxy) is 1. The molecule has 1 rings (SSSR count). The van der Waals surface area contributed by atoms with Crippen LogP contribution in [-0.2, 0) is 4.74 Å². The number of nitrogen functional groups attached to an aromatic ring is 1. The van der Waals surface area contributed by atoms with E-state index in [1.54, 1.807) is 44.3 Å². The number of amides is 1. The van der Waals surface area contributed by atoms with Crippen molar-refractivity contribution in [2.75, 3.05) is 45.4 Å². The molecule has 1 amide bonds. The molecule has 0 saturated carbocycles. The minimum atomic E-state index is -0.0343. The predicted octanol–water partition coefficient (Wildman–Crippen LogP) is 1.67. The van der Waals surface area contributed by atoms with E-state index in [0.29, 0.717) is 23.8 Å². The van der Waals surface area contributed by atoms with E-state index in [1.165, 1.54) is 0 Å². The molecule has 0 saturated heterocycles. The number of methoxy groups -OCH3 is 1. The Hall–Kier alpha value is -1.75. The Bertz CT molecular complexity index is 433. The van der Waals surface area contributed by atoms with Gasteiger partial charge >= 0.3 is 0 Å². The fourth-order valence-corrected chi connectivity index (χ4v) is 1.73. The maximum absolute atomic E-state index is 11.9. The number of carbonyl (C=O) groups is 1. The fraction of sp³-hybridized carbons (Fsp3) is 0.500. The first-order valence-electron chi connectivity index (χ1n) is 6.29. The first kappa shape index (κ1) is 15.3. The zero-order valence-electron chi connectivity index (χ0n) is 12.1. The number of hydrogen-bond donors (Lipinski definition) is 2. The smallest absolute Gasteiger partial charge is 0.253 e. The van der Waals surface area contributed by atoms with Crippen LogP contribution in [0.2, 0.25) is 0 Å². The van der Waals surface area contributed by atoms with Crippen LogP contribution in [0.15, 0.2) is 18.2 Å². The summed E-state index contributed by atoms with van der Waals surface area (Å²) in [7, 11) is 5.14. The topological polar surface area (TPSA) is 67.6 Å². The Morgan fingerprint density at radius 2 is 2.16 bits per heavy atom. The van der Waals surface area contributed by atoms with Crippen molar-refractivity contribution in [3.05, 3.63) is 23.8 Å². The molecule has 0 aliphatic rings. The van der Waals surface area contributed by atoms with Gasteiger partial charge in [-0.2, -0.15) is 0 Å². The van der Waals surface area contributed by atoms with Gasteiger partial charge in [0, 0.05) is 33.3 Å². The number of nitrogens with one attached hydrogen (secondary N) is 1. The first-order valence-corrected chi connectivity index (χ1v) is 6.29. The summed E-state index contributed by atoms with van der Waals surface area (Å²) in [6, 6.07) is 5.28. The third-order valence-electron chi connectivity index (χ3n) is 2.80. The van der Waals surface area contributed by atoms with E-state index in [9.17, 15) is 4.79 Å². The molecule has 5 nitrogen and oxygen atoms in total. The van der Waals surface area contributed by atoms with Gasteiger partial charge < -0.3 is 20.7 Å². The summed E-state index contributed by atoms with van der Waals surface area (Å²) in [5.74, 6) is 0.339. The van der Waals surface area contributed by atoms with E-state index in [2.05, 4.69) is 12.2 Å². The van der Waals surface area contributed by atoms with E-state index in [0.717, 1.165) is 12.2 Å². The van der Waals surface area contributed by atoms with Gasteiger partial charge in [0.2, 0.25) is 0 Å². The van der Waals surface area contributed by atoms with Gasteiger partial charge in [-0.3, -0.25) is 4.79 Å². The van der Waals surface area contributed by atoms with Gasteiger partial charge in [0.05, 0.1) is 18.0 Å². The van der Waals surface area contributed by atoms with Crippen LogP contribution in [0.1, 0.15) is 17.3 Å². The number of nitrogens with zero attached hydrogens (tertiary/aromatic N) is 1. The molecule has 1 unspecified atom stereocenters. The molecule has 0 aromatic heterocycles. The first-order chi connectivity index (χ1) is 8.95. The van der Waals surface area contributed by atoms with Crippen LogP contribution < -0.4 is 11.1 Å². The molecule has 0 bridgehead atoms. The zero-order valence-corrected chi connectivity index (χ0v) is 12.1. The lowest BCUT2D eigenvalue weighted by molar-refractivity contribution is 0.0827. The molecule has 19 heavy (non-hydrogen) atoms. The standard InChI is InChI=1S/C14H23N3O2/c1-10(9-19-4)8-16-13-7-11(5-6-12(13)15)14(18)17(2)3/h5-7,10,16H,8-9,15H2,1-4H3. The van der Waals surface area contributed by atoms with Gasteiger partial charge in [-0.05, 0) is 24.1 Å². The highest BCUT2D eigenvalue weighted by molar-refractivity contribution is 5.95. The molecule has 106 valence electrons. The Morgan fingerprint density at radius 3 is 2.74 bits per heavy atom. The maximum Gasteiger partial charge on any atom is 0.253 e. The average molecular weight is 265 g/mol. The van der Waals surface area contributed by atoms with Crippen molar-refractivity contribution in [3.63, 3.8) is 0 Å². The number of anilines is 2. The van der Waals surface area contributed by atoms with Crippen LogP contribution >= 0.6 is 0 Å². The van der Waals surface area contributed by atoms with Gasteiger partial charge in [0.15, 0.2) is 0 Å². The second-order valence-electron chi connectivity index (χ2n) is 4.94. The summed E-state index contributed by atoms with van der Waals surface area (Å²) in [4.78, 5) is 13.4. The summed E-state index contributed by atoms with van der Waals surface area (Å²) in [5, 5.41) is 3.26. The van der Waals surface area contributed by atoms with E-state index in [-0.39, 0.29) is 5.91 Å². The Morgan fingerprint density at radius 1 is 1.47 bits per heavy atom. The van der Waals surface area contributed by atoms with E-state index >= 15 is 0 Å². The lowest BCUT2D eigenvalue weighted by Gasteiger charge is -2.16. The van der Waals surface area contributed by atoms with Gasteiger partial charge in [-0.1, -0.05) is 6.92 Å². The summed E-state index contributed by atoms with van der Waals surface area (Å²) >= 11 is 0. The molecule has 0 fully saturated rings. The molecule has 1 atom stereocenters. The average Bonchev–Trinajstić information content (AvgIpc) is 2.37. The summed E-state index contributed by atoms with van der Waals surface area (Å²) in [6.45, 7) is 3.52. The van der Waals surface area contributed by atoms with Gasteiger partial charge in [-0.25, -0.2) is 0 Å². The molecular weight excluding hydrogens is 242 g/mol. The lowest BCUT2D eigenvalue weighted by Crippen LogP contribution is -2.22. The molecular formula is C14H23N3O2. The minimum absolute atomic E-state index is 0.0343. The van der Waals surface area contributed by atoms with E-state index in [1.807, 2.05) is 0 Å². The van der Waals surface area contributed by atoms with Crippen LogP contribution in [0, 0.1) is 5.92 Å². The van der Waals surface area contributed by atoms with Crippen LogP contribution in [0.25, 0.3) is 0 Å². The molecule has 0 radical (unpaired) electrons. The largest absolute Gasteiger partial charge is 0.397 e. The fourth-order valence-electron chi connectivity index (χ4n) is 1.73. The summed E-state index contributed by atoms with van der Waals surface area (Å²) in [6.07, 6.45) is 0. The molecule has 0 aliphatic carbocycles. The third kappa shape index (κ3) is 4.44. The molecule has 0 spiro atoms. The minimum Gasteiger partial charge on any atom is -0.397 e. The zero-order chi connectivity index (χ0) is 14.4. The van der Waals surface area contributed by atoms with Crippen molar-refractivity contribution < 1.29 is 9.53 Å². The van der Waals surface area contributed by atoms with Crippen LogP contribution in [-0.4, -0.2) is 45.2 Å². The maximum atomic E-state index is 11.9. The Kier molecular flexibility index (Phi) is 5.63. The third-order valence-corrected chi connectivity index (χ3v) is 2.80. The number of carbonyl (C=O) groups excluding carboxylic acids is 1. The van der Waals surface area contributed by atoms with Crippen molar-refractivity contribution in [1.82, 2.24) is 4.90 Å². The van der Waals surface area contributed by atoms with Crippen molar-refractivity contribution in [2.24, 2.45) is 5.92 Å². The van der Waals surface area contributed by atoms with Gasteiger partial charge in [0.25, 0.3) is 5.91 Å². The number of nitrogens with two attached hydrogens (primary N) is 1. The summed E-state index contributed by atoms with van der Waals surface area (Å²) in [5.41, 5.74) is 7.96. The van der Waals surface area contributed by atoms with E-state index in [4.69, 9.17) is 10.5 Å². The molecule has 1 aromatic rings. The molecule has 0 aliphatic heterocycles. The second kappa shape index (κ2) is 6.99. The quantitative estimate of drug-likeness (QED) is 0.768. The number of rotatable bonds is 6. The molecule has 0 heterocycles. The van der Waals surface area contributed by atoms with Crippen molar-refractivity contribution >= 4 is 17.3 Å². The lowest BCUT2D eigenvalue weighted by atomic mass is 10.1. The molecule has 1 aromatic carbocycles. The second-order valence-corrected chi connectivity index (χ2v) is 4.94. The normalized spacial score (nSPS) is 12.0. The molecule has 5 heteroatoms. The highest BCUT2D eigenvalue weighted by Gasteiger charge is 2.10. The number of benzene rings is 1. The van der Waals surface area contributed by atoms with Gasteiger partial charge in [-0.15, -0.1) is 0 Å². The highest BCUT2D eigenvalue weighted by Crippen LogP contribution is 2.21. The van der Waals surface area contributed by atoms with Crippen LogP contribution in [0.4, 0.5) is 11.4 Å². The molecule has 3 N–H and O–H groups in total. The van der Waals surface area contributed by atoms with E-state index < -0.39 is 0 Å². The monoisotopic (exact) mass is 265 g/mol. The van der Waals surface area contributed by atoms with Crippen molar-refractivity contribution in [1.29, 1.82) is 0 Å². The van der Waals surface area contributed by atoms with Gasteiger partial charge in [0.1, 0.15) is 0 Å². The predicted molar refractivity (Wildman–Crippen MR) is 78.4 cm³/mol. The SMILES string of the molecule is COCC(C)CNc1cc(C(=O)N(C)C)ccc1N. The Labute approximate surface area is 114 Å². The highest BCUT2D eigenvalue weighted by atomic mass is 16.5. The van der Waals surface area contributed by atoms with Crippen molar-refractivity contribution in [3.8, 4) is 0 Å². The van der Waals surface area contributed by atoms with Crippen LogP contribution in [0.5, 0.6) is 0 Å². The van der Waals surface area contributed by atoms with Crippen LogP contribution in [0.3, 0.4) is 0 Å². The van der Waals surface area contributed by atoms with Crippen molar-refractivity contribution in [2.45, 2.75) is 6.92 Å². The summed E-state index contributed by atoms with van der Waals surface area (Å²) < 4.78 is 5.08. The number of hydrogen-bond acceptors (Lipinski definition) is 4. The Balaban J connectivity index is 2.77.